The molecule has 0 saturated heterocycles. The second kappa shape index (κ2) is 4.08. The van der Waals surface area contributed by atoms with Gasteiger partial charge in [-0.2, -0.15) is 0 Å². The van der Waals surface area contributed by atoms with Crippen molar-refractivity contribution in [2.24, 2.45) is 0 Å². The molecule has 0 aromatic heterocycles. The molecule has 3 rings (SSSR count). The van der Waals surface area contributed by atoms with Crippen molar-refractivity contribution in [1.29, 1.82) is 0 Å². The average molecular weight is 259 g/mol. The third-order valence-electron chi connectivity index (χ3n) is 4.49. The molecule has 1 fully saturated rings. The van der Waals surface area contributed by atoms with Crippen molar-refractivity contribution in [2.75, 3.05) is 19.1 Å². The van der Waals surface area contributed by atoms with Crippen molar-refractivity contribution in [3.05, 3.63) is 29.3 Å². The van der Waals surface area contributed by atoms with Crippen molar-refractivity contribution >= 4 is 17.6 Å². The largest absolute Gasteiger partial charge is 0.468 e. The average Bonchev–Trinajstić information content (AvgIpc) is 2.63. The Labute approximate surface area is 112 Å². The zero-order valence-corrected chi connectivity index (χ0v) is 11.2. The molecule has 2 aliphatic rings. The molecule has 0 N–H and O–H groups in total. The summed E-state index contributed by atoms with van der Waals surface area (Å²) in [4.78, 5) is 25.4. The minimum absolute atomic E-state index is 0.105. The Balaban J connectivity index is 2.02. The van der Waals surface area contributed by atoms with Crippen molar-refractivity contribution in [3.63, 3.8) is 0 Å². The fourth-order valence-corrected chi connectivity index (χ4v) is 3.10. The van der Waals surface area contributed by atoms with Crippen LogP contribution in [-0.2, 0) is 26.2 Å². The highest BCUT2D eigenvalue weighted by Crippen LogP contribution is 2.46. The highest BCUT2D eigenvalue weighted by molar-refractivity contribution is 6.01. The number of methoxy groups -OCH3 is 1. The summed E-state index contributed by atoms with van der Waals surface area (Å²) in [6.45, 7) is 0. The lowest BCUT2D eigenvalue weighted by atomic mass is 9.64. The molecule has 0 unspecified atom stereocenters. The van der Waals surface area contributed by atoms with Crippen LogP contribution in [0.5, 0.6) is 0 Å². The van der Waals surface area contributed by atoms with Gasteiger partial charge < -0.3 is 9.64 Å². The summed E-state index contributed by atoms with van der Waals surface area (Å²) in [6, 6.07) is 5.91. The summed E-state index contributed by atoms with van der Waals surface area (Å²) >= 11 is 0. The van der Waals surface area contributed by atoms with Gasteiger partial charge in [0.05, 0.1) is 18.9 Å². The third-order valence-corrected chi connectivity index (χ3v) is 4.49. The van der Waals surface area contributed by atoms with E-state index in [1.54, 1.807) is 11.9 Å². The number of amides is 1. The van der Waals surface area contributed by atoms with Gasteiger partial charge in [0.25, 0.3) is 0 Å². The number of likely N-dealkylation sites (N-methyl/N-ethyl adjacent to an activating group) is 1. The third kappa shape index (κ3) is 1.59. The number of fused-ring (bicyclic) bond motifs is 1. The number of carbonyl (C=O) groups is 2. The fourth-order valence-electron chi connectivity index (χ4n) is 3.10. The molecule has 0 bridgehead atoms. The molecule has 0 radical (unpaired) electrons. The van der Waals surface area contributed by atoms with E-state index >= 15 is 0 Å². The fraction of sp³-hybridized carbons (Fsp3) is 0.467. The molecule has 1 aromatic rings. The predicted molar refractivity (Wildman–Crippen MR) is 71.1 cm³/mol. The van der Waals surface area contributed by atoms with E-state index in [9.17, 15) is 9.59 Å². The van der Waals surface area contributed by atoms with Crippen LogP contribution in [0.15, 0.2) is 18.2 Å². The Morgan fingerprint density at radius 2 is 2.11 bits per heavy atom. The first-order valence-corrected chi connectivity index (χ1v) is 6.57. The minimum Gasteiger partial charge on any atom is -0.468 e. The highest BCUT2D eigenvalue weighted by Gasteiger charge is 2.47. The molecule has 1 aromatic carbocycles. The summed E-state index contributed by atoms with van der Waals surface area (Å²) in [6.07, 6.45) is 3.15. The molecule has 19 heavy (non-hydrogen) atoms. The first kappa shape index (κ1) is 12.2. The smallest absolute Gasteiger partial charge is 0.316 e. The molecule has 4 nitrogen and oxygen atoms in total. The molecule has 4 heteroatoms. The normalized spacial score (nSPS) is 19.9. The maximum atomic E-state index is 12.0. The van der Waals surface area contributed by atoms with Crippen molar-refractivity contribution in [1.82, 2.24) is 0 Å². The van der Waals surface area contributed by atoms with Gasteiger partial charge in [0.1, 0.15) is 0 Å². The van der Waals surface area contributed by atoms with E-state index in [1.807, 2.05) is 18.2 Å². The quantitative estimate of drug-likeness (QED) is 0.761. The second-order valence-electron chi connectivity index (χ2n) is 5.40. The summed E-state index contributed by atoms with van der Waals surface area (Å²) in [5, 5.41) is 0. The Morgan fingerprint density at radius 3 is 2.68 bits per heavy atom. The molecule has 1 aliphatic heterocycles. The predicted octanol–water partition coefficient (Wildman–Crippen LogP) is 1.80. The summed E-state index contributed by atoms with van der Waals surface area (Å²) in [7, 11) is 3.22. The van der Waals surface area contributed by atoms with E-state index in [4.69, 9.17) is 4.74 Å². The van der Waals surface area contributed by atoms with Gasteiger partial charge in [-0.3, -0.25) is 9.59 Å². The van der Waals surface area contributed by atoms with E-state index in [0.29, 0.717) is 6.42 Å². The summed E-state index contributed by atoms with van der Waals surface area (Å²) < 4.78 is 4.96. The van der Waals surface area contributed by atoms with E-state index in [1.165, 1.54) is 7.11 Å². The topological polar surface area (TPSA) is 46.6 Å². The SMILES string of the molecule is COC(=O)C1(c2ccc3c(c2)CC(=O)N3C)CCC1. The first-order valence-electron chi connectivity index (χ1n) is 6.57. The van der Waals surface area contributed by atoms with Crippen LogP contribution < -0.4 is 4.90 Å². The lowest BCUT2D eigenvalue weighted by Crippen LogP contribution is -2.43. The lowest BCUT2D eigenvalue weighted by molar-refractivity contribution is -0.151. The number of carbonyl (C=O) groups excluding carboxylic acids is 2. The molecule has 1 amide bonds. The van der Waals surface area contributed by atoms with Crippen molar-refractivity contribution in [2.45, 2.75) is 31.1 Å². The summed E-state index contributed by atoms with van der Waals surface area (Å²) in [5.74, 6) is -0.0516. The van der Waals surface area contributed by atoms with Gasteiger partial charge in [0, 0.05) is 12.7 Å². The van der Waals surface area contributed by atoms with Gasteiger partial charge in [-0.05, 0) is 30.0 Å². The maximum Gasteiger partial charge on any atom is 0.316 e. The van der Waals surface area contributed by atoms with E-state index in [0.717, 1.165) is 36.1 Å². The van der Waals surface area contributed by atoms with Gasteiger partial charge in [-0.1, -0.05) is 18.6 Å². The highest BCUT2D eigenvalue weighted by atomic mass is 16.5. The van der Waals surface area contributed by atoms with Crippen LogP contribution in [-0.4, -0.2) is 26.0 Å². The van der Waals surface area contributed by atoms with E-state index in [-0.39, 0.29) is 11.9 Å². The number of nitrogens with zero attached hydrogens (tertiary/aromatic N) is 1. The monoisotopic (exact) mass is 259 g/mol. The van der Waals surface area contributed by atoms with Gasteiger partial charge in [-0.15, -0.1) is 0 Å². The van der Waals surface area contributed by atoms with Crippen LogP contribution in [0.2, 0.25) is 0 Å². The van der Waals surface area contributed by atoms with Gasteiger partial charge >= 0.3 is 5.97 Å². The van der Waals surface area contributed by atoms with Crippen molar-refractivity contribution < 1.29 is 14.3 Å². The zero-order chi connectivity index (χ0) is 13.6. The molecule has 1 saturated carbocycles. The minimum atomic E-state index is -0.478. The first-order chi connectivity index (χ1) is 9.08. The zero-order valence-electron chi connectivity index (χ0n) is 11.2. The Morgan fingerprint density at radius 1 is 1.37 bits per heavy atom. The molecule has 1 aliphatic carbocycles. The Kier molecular flexibility index (Phi) is 2.62. The lowest BCUT2D eigenvalue weighted by Gasteiger charge is -2.39. The van der Waals surface area contributed by atoms with Crippen molar-refractivity contribution in [3.8, 4) is 0 Å². The number of hydrogen-bond donors (Lipinski definition) is 0. The molecular weight excluding hydrogens is 242 g/mol. The van der Waals surface area contributed by atoms with Gasteiger partial charge in [0.15, 0.2) is 0 Å². The van der Waals surface area contributed by atoms with Crippen LogP contribution in [0.4, 0.5) is 5.69 Å². The number of benzene rings is 1. The van der Waals surface area contributed by atoms with Gasteiger partial charge in [-0.25, -0.2) is 0 Å². The van der Waals surface area contributed by atoms with Crippen LogP contribution in [0.25, 0.3) is 0 Å². The van der Waals surface area contributed by atoms with E-state index in [2.05, 4.69) is 0 Å². The van der Waals surface area contributed by atoms with Crippen LogP contribution >= 0.6 is 0 Å². The molecule has 0 atom stereocenters. The van der Waals surface area contributed by atoms with Crippen LogP contribution in [0.3, 0.4) is 0 Å². The standard InChI is InChI=1S/C15H17NO3/c1-16-12-5-4-11(8-10(12)9-13(16)17)15(6-3-7-15)14(18)19-2/h4-5,8H,3,6-7,9H2,1-2H3. The summed E-state index contributed by atoms with van der Waals surface area (Å²) in [5.41, 5.74) is 2.48. The second-order valence-corrected chi connectivity index (χ2v) is 5.40. The van der Waals surface area contributed by atoms with Gasteiger partial charge in [0.2, 0.25) is 5.91 Å². The maximum absolute atomic E-state index is 12.0. The molecular formula is C15H17NO3. The van der Waals surface area contributed by atoms with Crippen LogP contribution in [0, 0.1) is 0 Å². The number of ether oxygens (including phenoxy) is 1. The molecule has 0 spiro atoms. The number of hydrogen-bond acceptors (Lipinski definition) is 3. The van der Waals surface area contributed by atoms with E-state index < -0.39 is 5.41 Å². The Bertz CT molecular complexity index is 561. The number of rotatable bonds is 2. The molecule has 1 heterocycles. The molecule has 100 valence electrons. The number of anilines is 1. The Hall–Kier alpha value is -1.84. The van der Waals surface area contributed by atoms with Crippen LogP contribution in [0.1, 0.15) is 30.4 Å². The number of esters is 1.